The smallest absolute Gasteiger partial charge is 0.335 e. The standard InChI is InChI=1S/C5H11O7P/c6-3(4(7)5(8)9)1-2-13(10,11)12/h3-4,6-7H,1-2H2,(H,8,9)(H2,10,11,12)/p-2/t3-,4-/m1/s1. The number of aliphatic hydroxyl groups is 2. The summed E-state index contributed by atoms with van der Waals surface area (Å²) in [7, 11) is -4.75. The van der Waals surface area contributed by atoms with Crippen LogP contribution < -0.4 is 14.7 Å². The third kappa shape index (κ3) is 5.87. The van der Waals surface area contributed by atoms with Gasteiger partial charge in [0.05, 0.1) is 6.10 Å². The average Bonchev–Trinajstić information content (AvgIpc) is 1.97. The quantitative estimate of drug-likeness (QED) is 0.393. The molecule has 0 spiro atoms. The van der Waals surface area contributed by atoms with Gasteiger partial charge in [0, 0.05) is 12.6 Å². The highest BCUT2D eigenvalue weighted by atomic mass is 31.2. The first kappa shape index (κ1) is 12.7. The topological polar surface area (TPSA) is 147 Å². The summed E-state index contributed by atoms with van der Waals surface area (Å²) in [6.07, 6.45) is -5.27. The Morgan fingerprint density at radius 1 is 1.31 bits per heavy atom. The van der Waals surface area contributed by atoms with Gasteiger partial charge in [0.2, 0.25) is 0 Å². The minimum Gasteiger partial charge on any atom is -0.688 e. The van der Waals surface area contributed by atoms with E-state index in [0.717, 1.165) is 0 Å². The van der Waals surface area contributed by atoms with Gasteiger partial charge < -0.3 is 30.0 Å². The van der Waals surface area contributed by atoms with Crippen molar-refractivity contribution in [3.8, 4) is 0 Å². The maximum absolute atomic E-state index is 10.1. The molecule has 0 aromatic rings. The fourth-order valence-corrected chi connectivity index (χ4v) is 1.19. The summed E-state index contributed by atoms with van der Waals surface area (Å²) in [6, 6.07) is 0. The molecular formula is C5H9O7P-2. The molecule has 2 atom stereocenters. The van der Waals surface area contributed by atoms with Crippen LogP contribution in [-0.4, -0.2) is 39.7 Å². The third-order valence-corrected chi connectivity index (χ3v) is 2.12. The predicted molar refractivity (Wildman–Crippen MR) is 36.1 cm³/mol. The fraction of sp³-hybridized carbons (Fsp3) is 0.800. The van der Waals surface area contributed by atoms with Gasteiger partial charge in [-0.2, -0.15) is 7.94 Å². The van der Waals surface area contributed by atoms with Crippen LogP contribution in [0.3, 0.4) is 0 Å². The van der Waals surface area contributed by atoms with Gasteiger partial charge in [-0.1, -0.05) is 0 Å². The van der Waals surface area contributed by atoms with E-state index in [2.05, 4.69) is 0 Å². The lowest BCUT2D eigenvalue weighted by Crippen LogP contribution is -2.39. The molecule has 0 radical (unpaired) electrons. The molecule has 0 aliphatic carbocycles. The summed E-state index contributed by atoms with van der Waals surface area (Å²) in [5.41, 5.74) is 0. The zero-order valence-corrected chi connectivity index (χ0v) is 7.39. The highest BCUT2D eigenvalue weighted by Crippen LogP contribution is 2.29. The Hall–Kier alpha value is -0.300. The lowest BCUT2D eigenvalue weighted by atomic mass is 10.1. The number of hydrogen-bond acceptors (Lipinski definition) is 6. The minimum atomic E-state index is -4.75. The van der Waals surface area contributed by atoms with E-state index >= 15 is 0 Å². The summed E-state index contributed by atoms with van der Waals surface area (Å²) in [4.78, 5) is 40.2. The van der Waals surface area contributed by atoms with E-state index in [9.17, 15) is 19.5 Å². The van der Waals surface area contributed by atoms with Crippen molar-refractivity contribution >= 4 is 13.9 Å². The van der Waals surface area contributed by atoms with Crippen LogP contribution in [0.25, 0.3) is 0 Å². The zero-order valence-electron chi connectivity index (χ0n) is 6.49. The molecule has 13 heavy (non-hydrogen) atoms. The summed E-state index contributed by atoms with van der Waals surface area (Å²) in [6.45, 7) is 0. The maximum Gasteiger partial charge on any atom is 0.335 e. The van der Waals surface area contributed by atoms with Crippen LogP contribution in [0, 0.1) is 0 Å². The Morgan fingerprint density at radius 2 is 1.77 bits per heavy atom. The number of carboxylic acids is 1. The Balaban J connectivity index is 3.88. The van der Waals surface area contributed by atoms with Gasteiger partial charge in [-0.15, -0.1) is 0 Å². The van der Waals surface area contributed by atoms with Crippen molar-refractivity contribution < 1.29 is 34.8 Å². The highest BCUT2D eigenvalue weighted by Gasteiger charge is 2.23. The van der Waals surface area contributed by atoms with E-state index in [4.69, 9.17) is 15.3 Å². The highest BCUT2D eigenvalue weighted by molar-refractivity contribution is 7.54. The van der Waals surface area contributed by atoms with Crippen LogP contribution in [0.15, 0.2) is 0 Å². The predicted octanol–water partition coefficient (Wildman–Crippen LogP) is -3.97. The number of carbonyl (C=O) groups is 1. The second-order valence-electron chi connectivity index (χ2n) is 2.47. The molecule has 0 aliphatic heterocycles. The first-order chi connectivity index (χ1) is 5.74. The van der Waals surface area contributed by atoms with Crippen LogP contribution in [0.2, 0.25) is 0 Å². The van der Waals surface area contributed by atoms with Crippen molar-refractivity contribution in [1.29, 1.82) is 0 Å². The summed E-state index contributed by atoms with van der Waals surface area (Å²) >= 11 is 0. The van der Waals surface area contributed by atoms with Gasteiger partial charge in [0.25, 0.3) is 0 Å². The number of carboxylic acid groups (broad SMARTS) is 1. The fourth-order valence-electron chi connectivity index (χ4n) is 0.613. The van der Waals surface area contributed by atoms with E-state index in [-0.39, 0.29) is 0 Å². The number of rotatable bonds is 5. The van der Waals surface area contributed by atoms with Gasteiger partial charge in [-0.05, 0) is 0 Å². The van der Waals surface area contributed by atoms with Crippen LogP contribution in [0.5, 0.6) is 0 Å². The largest absolute Gasteiger partial charge is 0.688 e. The second kappa shape index (κ2) is 4.80. The molecular weight excluding hydrogens is 203 g/mol. The van der Waals surface area contributed by atoms with Gasteiger partial charge in [-0.3, -0.25) is 0 Å². The molecule has 0 aromatic carbocycles. The van der Waals surface area contributed by atoms with Crippen molar-refractivity contribution in [3.63, 3.8) is 0 Å². The Morgan fingerprint density at radius 3 is 2.08 bits per heavy atom. The molecule has 7 nitrogen and oxygen atoms in total. The van der Waals surface area contributed by atoms with E-state index in [1.807, 2.05) is 0 Å². The van der Waals surface area contributed by atoms with Crippen molar-refractivity contribution in [2.24, 2.45) is 0 Å². The SMILES string of the molecule is O=C(O)[C@H](O)[C@H](O)CC[P+]([O-])([O-])[O-]. The summed E-state index contributed by atoms with van der Waals surface area (Å²) in [5.74, 6) is -1.67. The lowest BCUT2D eigenvalue weighted by Gasteiger charge is -2.42. The van der Waals surface area contributed by atoms with Crippen LogP contribution in [0.1, 0.15) is 6.42 Å². The molecule has 8 heteroatoms. The van der Waals surface area contributed by atoms with Crippen LogP contribution in [0.4, 0.5) is 0 Å². The Labute approximate surface area is 74.5 Å². The van der Waals surface area contributed by atoms with E-state index < -0.39 is 38.7 Å². The molecule has 0 aromatic heterocycles. The van der Waals surface area contributed by atoms with Gasteiger partial charge in [0.1, 0.15) is 0 Å². The summed E-state index contributed by atoms with van der Waals surface area (Å²) in [5, 5.41) is 25.6. The van der Waals surface area contributed by atoms with Crippen LogP contribution >= 0.6 is 7.94 Å². The second-order valence-corrected chi connectivity index (χ2v) is 4.14. The van der Waals surface area contributed by atoms with Crippen LogP contribution in [-0.2, 0) is 4.79 Å². The summed E-state index contributed by atoms with van der Waals surface area (Å²) < 4.78 is 0. The molecule has 0 aliphatic rings. The van der Waals surface area contributed by atoms with Gasteiger partial charge in [0.15, 0.2) is 6.10 Å². The van der Waals surface area contributed by atoms with E-state index in [1.54, 1.807) is 0 Å². The number of aliphatic carboxylic acids is 1. The molecule has 0 heterocycles. The number of hydrogen-bond donors (Lipinski definition) is 3. The monoisotopic (exact) mass is 212 g/mol. The normalized spacial score (nSPS) is 16.7. The molecule has 0 amide bonds. The average molecular weight is 212 g/mol. The molecule has 0 saturated carbocycles. The third-order valence-electron chi connectivity index (χ3n) is 1.32. The molecule has 0 fully saturated rings. The number of aliphatic hydroxyl groups excluding tert-OH is 2. The molecule has 0 saturated heterocycles. The minimum absolute atomic E-state index is 0.586. The Bertz CT molecular complexity index is 176. The van der Waals surface area contributed by atoms with Crippen molar-refractivity contribution in [2.45, 2.75) is 18.6 Å². The Kier molecular flexibility index (Phi) is 4.69. The van der Waals surface area contributed by atoms with Crippen molar-refractivity contribution in [2.75, 3.05) is 6.16 Å². The molecule has 3 N–H and O–H groups in total. The van der Waals surface area contributed by atoms with Gasteiger partial charge >= 0.3 is 5.97 Å². The maximum atomic E-state index is 10.1. The first-order valence-electron chi connectivity index (χ1n) is 3.34. The van der Waals surface area contributed by atoms with E-state index in [0.29, 0.717) is 0 Å². The molecule has 0 rings (SSSR count). The first-order valence-corrected chi connectivity index (χ1v) is 5.07. The van der Waals surface area contributed by atoms with Gasteiger partial charge in [-0.25, -0.2) is 4.79 Å². The van der Waals surface area contributed by atoms with Crippen molar-refractivity contribution in [3.05, 3.63) is 0 Å². The lowest BCUT2D eigenvalue weighted by molar-refractivity contribution is -0.427. The molecule has 0 unspecified atom stereocenters. The molecule has 0 bridgehead atoms. The van der Waals surface area contributed by atoms with E-state index in [1.165, 1.54) is 0 Å². The van der Waals surface area contributed by atoms with Crippen molar-refractivity contribution in [1.82, 2.24) is 0 Å². The zero-order chi connectivity index (χ0) is 10.6. The molecule has 78 valence electrons.